The van der Waals surface area contributed by atoms with Crippen molar-refractivity contribution in [1.29, 1.82) is 0 Å². The molecule has 0 radical (unpaired) electrons. The maximum Gasteiger partial charge on any atom is 0.438 e. The van der Waals surface area contributed by atoms with E-state index < -0.39 is 92.4 Å². The van der Waals surface area contributed by atoms with Crippen molar-refractivity contribution in [3.63, 3.8) is 0 Å². The molecule has 276 valence electrons. The predicted molar refractivity (Wildman–Crippen MR) is 83.5 cm³/mol. The number of carboxylic acid groups (broad SMARTS) is 1. The van der Waals surface area contributed by atoms with Crippen LogP contribution in [0.4, 0.5) is 114 Å². The fourth-order valence-corrected chi connectivity index (χ4v) is 2.90. The van der Waals surface area contributed by atoms with Gasteiger partial charge in [-0.05, 0) is 0 Å². The van der Waals surface area contributed by atoms with E-state index >= 15 is 0 Å². The molecule has 46 heavy (non-hydrogen) atoms. The number of rotatable bonds is 14. The second-order valence-corrected chi connectivity index (χ2v) is 9.65. The van der Waals surface area contributed by atoms with Gasteiger partial charge in [0.05, 0.1) is 0 Å². The van der Waals surface area contributed by atoms with E-state index in [0.29, 0.717) is 0 Å². The van der Waals surface area contributed by atoms with Crippen molar-refractivity contribution in [3.05, 3.63) is 0 Å². The van der Waals surface area contributed by atoms with Gasteiger partial charge in [0.2, 0.25) is 0 Å². The number of hydrogen-bond donors (Lipinski definition) is 2. The average molecular weight is 776 g/mol. The number of halogens is 26. The predicted octanol–water partition coefficient (Wildman–Crippen LogP) is 7.18. The van der Waals surface area contributed by atoms with Crippen LogP contribution in [0.3, 0.4) is 0 Å². The Morgan fingerprint density at radius 3 is 0.652 bits per heavy atom. The van der Waals surface area contributed by atoms with E-state index in [4.69, 9.17) is 9.66 Å². The molecule has 0 aromatic heterocycles. The first-order valence-corrected chi connectivity index (χ1v) is 10.8. The molecule has 0 aliphatic carbocycles. The Kier molecular flexibility index (Phi) is 9.74. The summed E-state index contributed by atoms with van der Waals surface area (Å²) < 4.78 is 377. The third kappa shape index (κ3) is 4.70. The van der Waals surface area contributed by atoms with Crippen molar-refractivity contribution in [3.8, 4) is 0 Å². The molecule has 0 aliphatic heterocycles. The number of carboxylic acids is 1. The Balaban J connectivity index is 7.62. The van der Waals surface area contributed by atoms with Gasteiger partial charge in [-0.3, -0.25) is 4.55 Å². The van der Waals surface area contributed by atoms with Crippen LogP contribution in [-0.4, -0.2) is 100 Å². The number of carbonyl (C=O) groups is 1. The zero-order valence-corrected chi connectivity index (χ0v) is 20.2. The normalized spacial score (nSPS) is 16.9. The van der Waals surface area contributed by atoms with Crippen LogP contribution in [0, 0.1) is 0 Å². The van der Waals surface area contributed by atoms with Gasteiger partial charge in [-0.2, -0.15) is 123 Å². The molecule has 2 N–H and O–H groups in total. The summed E-state index contributed by atoms with van der Waals surface area (Å²) in [7, 11) is -8.32. The van der Waals surface area contributed by atoms with Gasteiger partial charge >= 0.3 is 92.4 Å². The van der Waals surface area contributed by atoms with Crippen molar-refractivity contribution in [2.75, 3.05) is 0 Å². The summed E-state index contributed by atoms with van der Waals surface area (Å²) in [5.41, 5.74) is 0. The van der Waals surface area contributed by atoms with Crippen LogP contribution in [0.25, 0.3) is 0 Å². The molecule has 0 rings (SSSR count). The average Bonchev–Trinajstić information content (AvgIpc) is 2.81. The van der Waals surface area contributed by atoms with E-state index in [2.05, 4.69) is 0 Å². The Hall–Kier alpha value is -2.44. The summed E-state index contributed by atoms with van der Waals surface area (Å²) in [4.78, 5) is 9.93. The fourth-order valence-electron chi connectivity index (χ4n) is 2.45. The smallest absolute Gasteiger partial charge is 0.438 e. The molecule has 0 bridgehead atoms. The quantitative estimate of drug-likeness (QED) is 0.144. The van der Waals surface area contributed by atoms with Crippen LogP contribution in [0.1, 0.15) is 0 Å². The summed E-state index contributed by atoms with van der Waals surface area (Å²) in [5, 5.41) is -0.635. The van der Waals surface area contributed by atoms with Gasteiger partial charge in [0.1, 0.15) is 0 Å². The highest BCUT2D eigenvalue weighted by atomic mass is 32.2. The molecule has 0 aliphatic rings. The summed E-state index contributed by atoms with van der Waals surface area (Å²) in [5.74, 6) is -118. The topological polar surface area (TPSA) is 91.7 Å². The molecular weight excluding hydrogens is 774 g/mol. The minimum atomic E-state index is -9.95. The number of aliphatic carboxylic acids is 1. The van der Waals surface area contributed by atoms with Gasteiger partial charge in [-0.15, -0.1) is 0 Å². The summed E-state index contributed by atoms with van der Waals surface area (Å²) in [6, 6.07) is 0. The van der Waals surface area contributed by atoms with Crippen molar-refractivity contribution in [2.24, 2.45) is 0 Å². The lowest BCUT2D eigenvalue weighted by atomic mass is 9.84. The monoisotopic (exact) mass is 776 g/mol. The highest BCUT2D eigenvalue weighted by Gasteiger charge is 3.00. The molecule has 32 heteroatoms. The molecule has 0 saturated heterocycles. The zero-order chi connectivity index (χ0) is 38.6. The SMILES string of the molecule is O=C(O)C(F)(F)C(F)(F)C(F)(F)C(F)(F)C(F)(F)C(F)(F)C(F)(F)C(F)(F)C(F)(F)C(F)(F)C(F)(F)C(F)(F)C(F)(F)S(=O)(=O)O. The summed E-state index contributed by atoms with van der Waals surface area (Å²) in [6.07, 6.45) is 0. The lowest BCUT2D eigenvalue weighted by Gasteiger charge is -2.46. The zero-order valence-electron chi connectivity index (χ0n) is 19.4. The molecule has 0 spiro atoms. The number of alkyl halides is 26. The second-order valence-electron chi connectivity index (χ2n) is 8.19. The van der Waals surface area contributed by atoms with Crippen molar-refractivity contribution >= 4 is 16.1 Å². The second kappa shape index (κ2) is 10.3. The van der Waals surface area contributed by atoms with Crippen molar-refractivity contribution in [2.45, 2.75) is 76.3 Å². The molecular formula is C14H2F26O5S. The first-order valence-electron chi connectivity index (χ1n) is 9.31. The molecule has 0 amide bonds. The highest BCUT2D eigenvalue weighted by Crippen LogP contribution is 2.68. The van der Waals surface area contributed by atoms with Gasteiger partial charge in [-0.1, -0.05) is 0 Å². The summed E-state index contributed by atoms with van der Waals surface area (Å²) >= 11 is 0. The van der Waals surface area contributed by atoms with Crippen LogP contribution in [0.15, 0.2) is 0 Å². The van der Waals surface area contributed by atoms with E-state index in [1.54, 1.807) is 0 Å². The molecule has 0 aromatic rings. The van der Waals surface area contributed by atoms with Crippen molar-refractivity contribution in [1.82, 2.24) is 0 Å². The maximum absolute atomic E-state index is 13.7. The minimum Gasteiger partial charge on any atom is -0.477 e. The number of hydrogen-bond acceptors (Lipinski definition) is 3. The largest absolute Gasteiger partial charge is 0.477 e. The maximum atomic E-state index is 13.7. The van der Waals surface area contributed by atoms with E-state index in [1.165, 1.54) is 0 Å². The van der Waals surface area contributed by atoms with Gasteiger partial charge in [0.25, 0.3) is 0 Å². The molecule has 0 aromatic carbocycles. The van der Waals surface area contributed by atoms with Crippen LogP contribution in [-0.2, 0) is 14.9 Å². The Morgan fingerprint density at radius 2 is 0.500 bits per heavy atom. The van der Waals surface area contributed by atoms with E-state index in [0.717, 1.165) is 0 Å². The van der Waals surface area contributed by atoms with Crippen LogP contribution in [0.2, 0.25) is 0 Å². The van der Waals surface area contributed by atoms with E-state index in [1.807, 2.05) is 0 Å². The lowest BCUT2D eigenvalue weighted by molar-refractivity contribution is -0.480. The molecule has 0 atom stereocenters. The minimum absolute atomic E-state index is 4.75. The van der Waals surface area contributed by atoms with Crippen LogP contribution in [0.5, 0.6) is 0 Å². The molecule has 0 heterocycles. The van der Waals surface area contributed by atoms with Crippen molar-refractivity contribution < 1.29 is 137 Å². The first-order chi connectivity index (χ1) is 19.2. The summed E-state index contributed by atoms with van der Waals surface area (Å²) in [6.45, 7) is 0. The molecule has 0 fully saturated rings. The van der Waals surface area contributed by atoms with Gasteiger partial charge in [-0.25, -0.2) is 4.79 Å². The Morgan fingerprint density at radius 1 is 0.348 bits per heavy atom. The van der Waals surface area contributed by atoms with Gasteiger partial charge in [0, 0.05) is 0 Å². The Bertz CT molecular complexity index is 1300. The third-order valence-corrected chi connectivity index (χ3v) is 6.20. The Labute approximate surface area is 230 Å². The lowest BCUT2D eigenvalue weighted by Crippen LogP contribution is -2.79. The molecule has 0 saturated carbocycles. The van der Waals surface area contributed by atoms with Crippen LogP contribution < -0.4 is 0 Å². The third-order valence-electron chi connectivity index (χ3n) is 5.30. The highest BCUT2D eigenvalue weighted by molar-refractivity contribution is 7.87. The fraction of sp³-hybridized carbons (Fsp3) is 0.929. The van der Waals surface area contributed by atoms with E-state index in [-0.39, 0.29) is 0 Å². The van der Waals surface area contributed by atoms with E-state index in [9.17, 15) is 127 Å². The van der Waals surface area contributed by atoms with Gasteiger partial charge in [0.15, 0.2) is 0 Å². The van der Waals surface area contributed by atoms with Gasteiger partial charge < -0.3 is 5.11 Å². The molecule has 5 nitrogen and oxygen atoms in total. The molecule has 0 unspecified atom stereocenters. The first kappa shape index (κ1) is 43.6. The van der Waals surface area contributed by atoms with Crippen LogP contribution >= 0.6 is 0 Å². The standard InChI is InChI=1S/C14H2F26O5S/c15-2(16,1(41)42)3(17,18)4(19,20)5(21,22)6(23,24)7(25,26)8(27,28)9(29,30)10(31,32)11(33,34)12(35,36)13(37,38)14(39,40)46(43,44)45/h(H,41,42)(H,43,44,45).